The van der Waals surface area contributed by atoms with Gasteiger partial charge in [0.05, 0.1) is 5.56 Å². The average Bonchev–Trinajstić information content (AvgIpc) is 2.18. The molecule has 1 aromatic rings. The number of carbonyl (C=O) groups excluding carboxylic acids is 1. The van der Waals surface area contributed by atoms with Crippen LogP contribution in [0.5, 0.6) is 5.75 Å². The SMILES string of the molecule is CC(C)CC1CC(=O)c2cc(Cl)ccc2O1. The summed E-state index contributed by atoms with van der Waals surface area (Å²) in [5, 5.41) is 0.581. The van der Waals surface area contributed by atoms with Crippen molar-refractivity contribution in [1.29, 1.82) is 0 Å². The first-order valence-corrected chi connectivity index (χ1v) is 5.93. The molecule has 0 N–H and O–H groups in total. The standard InChI is InChI=1S/C13H15ClO2/c1-8(2)5-10-7-12(15)11-6-9(14)3-4-13(11)16-10/h3-4,6,8,10H,5,7H2,1-2H3. The predicted octanol–water partition coefficient (Wildman–Crippen LogP) is 3.72. The second kappa shape index (κ2) is 4.46. The molecule has 1 heterocycles. The molecule has 0 bridgehead atoms. The highest BCUT2D eigenvalue weighted by molar-refractivity contribution is 6.31. The highest BCUT2D eigenvalue weighted by Gasteiger charge is 2.26. The Morgan fingerprint density at radius 3 is 2.94 bits per heavy atom. The van der Waals surface area contributed by atoms with Crippen molar-refractivity contribution in [2.75, 3.05) is 0 Å². The molecular formula is C13H15ClO2. The molecule has 0 fully saturated rings. The van der Waals surface area contributed by atoms with Crippen LogP contribution >= 0.6 is 11.6 Å². The van der Waals surface area contributed by atoms with Gasteiger partial charge in [-0.3, -0.25) is 4.79 Å². The minimum absolute atomic E-state index is 0.0150. The summed E-state index contributed by atoms with van der Waals surface area (Å²) in [5.74, 6) is 1.34. The van der Waals surface area contributed by atoms with Gasteiger partial charge < -0.3 is 4.74 Å². The number of ether oxygens (including phenoxy) is 1. The number of rotatable bonds is 2. The highest BCUT2D eigenvalue weighted by Crippen LogP contribution is 2.31. The number of fused-ring (bicyclic) bond motifs is 1. The van der Waals surface area contributed by atoms with Crippen molar-refractivity contribution in [3.63, 3.8) is 0 Å². The van der Waals surface area contributed by atoms with Gasteiger partial charge in [-0.2, -0.15) is 0 Å². The lowest BCUT2D eigenvalue weighted by Crippen LogP contribution is -2.28. The van der Waals surface area contributed by atoms with Gasteiger partial charge in [-0.15, -0.1) is 0 Å². The third-order valence-electron chi connectivity index (χ3n) is 2.68. The monoisotopic (exact) mass is 238 g/mol. The van der Waals surface area contributed by atoms with Crippen molar-refractivity contribution >= 4 is 17.4 Å². The zero-order valence-corrected chi connectivity index (χ0v) is 10.3. The van der Waals surface area contributed by atoms with Gasteiger partial charge in [0.2, 0.25) is 0 Å². The van der Waals surface area contributed by atoms with Crippen molar-refractivity contribution in [2.45, 2.75) is 32.8 Å². The van der Waals surface area contributed by atoms with Gasteiger partial charge in [-0.25, -0.2) is 0 Å². The van der Waals surface area contributed by atoms with Crippen LogP contribution in [0.25, 0.3) is 0 Å². The molecule has 0 aromatic heterocycles. The smallest absolute Gasteiger partial charge is 0.170 e. The van der Waals surface area contributed by atoms with Crippen molar-refractivity contribution in [1.82, 2.24) is 0 Å². The molecule has 1 atom stereocenters. The summed E-state index contributed by atoms with van der Waals surface area (Å²) >= 11 is 5.85. The molecule has 1 unspecified atom stereocenters. The van der Waals surface area contributed by atoms with Gasteiger partial charge in [0.1, 0.15) is 11.9 Å². The number of benzene rings is 1. The number of hydrogen-bond donors (Lipinski definition) is 0. The van der Waals surface area contributed by atoms with Crippen LogP contribution in [0.3, 0.4) is 0 Å². The molecule has 86 valence electrons. The molecule has 0 spiro atoms. The van der Waals surface area contributed by atoms with Crippen LogP contribution in [0.2, 0.25) is 5.02 Å². The summed E-state index contributed by atoms with van der Waals surface area (Å²) in [5.41, 5.74) is 0.618. The van der Waals surface area contributed by atoms with Gasteiger partial charge in [-0.05, 0) is 30.5 Å². The van der Waals surface area contributed by atoms with Crippen LogP contribution in [-0.4, -0.2) is 11.9 Å². The van der Waals surface area contributed by atoms with Crippen molar-refractivity contribution in [3.05, 3.63) is 28.8 Å². The Hall–Kier alpha value is -1.02. The van der Waals surface area contributed by atoms with Crippen molar-refractivity contribution in [3.8, 4) is 5.75 Å². The minimum Gasteiger partial charge on any atom is -0.489 e. The van der Waals surface area contributed by atoms with Crippen LogP contribution in [0, 0.1) is 5.92 Å². The van der Waals surface area contributed by atoms with E-state index in [1.165, 1.54) is 0 Å². The van der Waals surface area contributed by atoms with E-state index in [1.807, 2.05) is 0 Å². The first-order valence-electron chi connectivity index (χ1n) is 5.55. The fourth-order valence-electron chi connectivity index (χ4n) is 2.02. The van der Waals surface area contributed by atoms with Crippen LogP contribution < -0.4 is 4.74 Å². The zero-order valence-electron chi connectivity index (χ0n) is 9.50. The third kappa shape index (κ3) is 2.38. The maximum absolute atomic E-state index is 11.9. The zero-order chi connectivity index (χ0) is 11.7. The van der Waals surface area contributed by atoms with Crippen molar-refractivity contribution < 1.29 is 9.53 Å². The van der Waals surface area contributed by atoms with Gasteiger partial charge >= 0.3 is 0 Å². The molecule has 0 saturated heterocycles. The fourth-order valence-corrected chi connectivity index (χ4v) is 2.19. The van der Waals surface area contributed by atoms with E-state index in [1.54, 1.807) is 18.2 Å². The van der Waals surface area contributed by atoms with Gasteiger partial charge in [0, 0.05) is 11.4 Å². The molecule has 0 amide bonds. The summed E-state index contributed by atoms with van der Waals surface area (Å²) in [6, 6.07) is 5.22. The summed E-state index contributed by atoms with van der Waals surface area (Å²) in [6.07, 6.45) is 1.39. The van der Waals surface area contributed by atoms with Gasteiger partial charge in [0.25, 0.3) is 0 Å². The first-order chi connectivity index (χ1) is 7.56. The molecule has 1 aliphatic heterocycles. The first kappa shape index (κ1) is 11.5. The average molecular weight is 239 g/mol. The van der Waals surface area contributed by atoms with Crippen LogP contribution in [-0.2, 0) is 0 Å². The largest absolute Gasteiger partial charge is 0.489 e. The van der Waals surface area contributed by atoms with E-state index in [4.69, 9.17) is 16.3 Å². The Kier molecular flexibility index (Phi) is 3.20. The summed E-state index contributed by atoms with van der Waals surface area (Å²) in [7, 11) is 0. The molecule has 3 heteroatoms. The molecule has 1 aliphatic rings. The van der Waals surface area contributed by atoms with E-state index in [0.717, 1.165) is 6.42 Å². The lowest BCUT2D eigenvalue weighted by atomic mass is 9.95. The molecule has 1 aromatic carbocycles. The number of halogens is 1. The minimum atomic E-state index is 0.0150. The van der Waals surface area contributed by atoms with E-state index in [0.29, 0.717) is 28.7 Å². The molecule has 2 nitrogen and oxygen atoms in total. The van der Waals surface area contributed by atoms with Gasteiger partial charge in [0.15, 0.2) is 5.78 Å². The van der Waals surface area contributed by atoms with E-state index in [-0.39, 0.29) is 11.9 Å². The lowest BCUT2D eigenvalue weighted by Gasteiger charge is -2.26. The molecular weight excluding hydrogens is 224 g/mol. The Balaban J connectivity index is 2.23. The molecule has 0 aliphatic carbocycles. The van der Waals surface area contributed by atoms with Crippen LogP contribution in [0.1, 0.15) is 37.0 Å². The van der Waals surface area contributed by atoms with Crippen LogP contribution in [0.4, 0.5) is 0 Å². The summed E-state index contributed by atoms with van der Waals surface area (Å²) in [6.45, 7) is 4.26. The molecule has 0 radical (unpaired) electrons. The number of ketones is 1. The third-order valence-corrected chi connectivity index (χ3v) is 2.92. The molecule has 16 heavy (non-hydrogen) atoms. The Labute approximate surface area is 101 Å². The van der Waals surface area contributed by atoms with E-state index in [2.05, 4.69) is 13.8 Å². The predicted molar refractivity (Wildman–Crippen MR) is 64.3 cm³/mol. The highest BCUT2D eigenvalue weighted by atomic mass is 35.5. The maximum Gasteiger partial charge on any atom is 0.170 e. The number of carbonyl (C=O) groups is 1. The number of Topliss-reactive ketones (excluding diaryl/α,β-unsaturated/α-hetero) is 1. The summed E-state index contributed by atoms with van der Waals surface area (Å²) < 4.78 is 5.79. The van der Waals surface area contributed by atoms with Gasteiger partial charge in [-0.1, -0.05) is 25.4 Å². The van der Waals surface area contributed by atoms with E-state index >= 15 is 0 Å². The topological polar surface area (TPSA) is 26.3 Å². The Bertz CT molecular complexity index is 412. The maximum atomic E-state index is 11.9. The molecule has 0 saturated carbocycles. The Morgan fingerprint density at radius 2 is 2.25 bits per heavy atom. The second-order valence-corrected chi connectivity index (χ2v) is 5.07. The second-order valence-electron chi connectivity index (χ2n) is 4.64. The van der Waals surface area contributed by atoms with Crippen molar-refractivity contribution in [2.24, 2.45) is 5.92 Å². The normalized spacial score (nSPS) is 19.5. The summed E-state index contributed by atoms with van der Waals surface area (Å²) in [4.78, 5) is 11.9. The lowest BCUT2D eigenvalue weighted by molar-refractivity contribution is 0.0820. The van der Waals surface area contributed by atoms with E-state index in [9.17, 15) is 4.79 Å². The van der Waals surface area contributed by atoms with Crippen LogP contribution in [0.15, 0.2) is 18.2 Å². The quantitative estimate of drug-likeness (QED) is 0.785. The Morgan fingerprint density at radius 1 is 1.50 bits per heavy atom. The number of hydrogen-bond acceptors (Lipinski definition) is 2. The molecule has 2 rings (SSSR count). The van der Waals surface area contributed by atoms with E-state index < -0.39 is 0 Å². The fraction of sp³-hybridized carbons (Fsp3) is 0.462.